The van der Waals surface area contributed by atoms with Crippen LogP contribution >= 0.6 is 7.82 Å². The normalized spacial score (nSPS) is 12.0. The fourth-order valence-electron chi connectivity index (χ4n) is 2.83. The van der Waals surface area contributed by atoms with Crippen molar-refractivity contribution >= 4 is 7.82 Å². The van der Waals surface area contributed by atoms with Gasteiger partial charge >= 0.3 is 0 Å². The van der Waals surface area contributed by atoms with Crippen molar-refractivity contribution in [3.05, 3.63) is 0 Å². The molecule has 0 heterocycles. The molecule has 23 heavy (non-hydrogen) atoms. The van der Waals surface area contributed by atoms with E-state index in [4.69, 9.17) is 0 Å². The lowest BCUT2D eigenvalue weighted by atomic mass is 10.0. The Labute approximate surface area is 143 Å². The van der Waals surface area contributed by atoms with Crippen LogP contribution < -0.4 is 9.79 Å². The molecule has 0 spiro atoms. The van der Waals surface area contributed by atoms with Crippen molar-refractivity contribution in [1.82, 2.24) is 0 Å². The first-order chi connectivity index (χ1) is 11.1. The molecule has 5 heteroatoms. The number of unbranched alkanes of at least 4 members (excludes halogenated alkanes) is 15. The molecule has 0 aliphatic heterocycles. The SMILES string of the molecule is CCCCCCCCCCCCCCCCCCOP(=O)([O-])[O-]. The molecule has 0 saturated carbocycles. The topological polar surface area (TPSA) is 72.4 Å². The molecular weight excluding hydrogens is 311 g/mol. The maximum Gasteiger partial charge on any atom is 0.0596 e. The third-order valence-electron chi connectivity index (χ3n) is 4.25. The molecule has 0 aromatic carbocycles. The molecule has 0 aliphatic rings. The molecule has 4 nitrogen and oxygen atoms in total. The summed E-state index contributed by atoms with van der Waals surface area (Å²) in [6.07, 6.45) is 20.3. The second kappa shape index (κ2) is 17.0. The predicted octanol–water partition coefficient (Wildman–Crippen LogP) is 5.09. The monoisotopic (exact) mass is 348 g/mol. The lowest BCUT2D eigenvalue weighted by Crippen LogP contribution is -2.16. The molecule has 140 valence electrons. The van der Waals surface area contributed by atoms with Crippen molar-refractivity contribution in [2.45, 2.75) is 110 Å². The van der Waals surface area contributed by atoms with Gasteiger partial charge in [-0.2, -0.15) is 0 Å². The fourth-order valence-corrected chi connectivity index (χ4v) is 3.18. The Morgan fingerprint density at radius 2 is 0.913 bits per heavy atom. The van der Waals surface area contributed by atoms with E-state index >= 15 is 0 Å². The van der Waals surface area contributed by atoms with Crippen LogP contribution in [0.2, 0.25) is 0 Å². The number of hydrogen-bond donors (Lipinski definition) is 0. The third kappa shape index (κ3) is 22.1. The van der Waals surface area contributed by atoms with E-state index in [2.05, 4.69) is 11.4 Å². The summed E-state index contributed by atoms with van der Waals surface area (Å²) in [6, 6.07) is 0. The summed E-state index contributed by atoms with van der Waals surface area (Å²) in [5.41, 5.74) is 0. The van der Waals surface area contributed by atoms with Gasteiger partial charge in [-0.3, -0.25) is 0 Å². The van der Waals surface area contributed by atoms with Gasteiger partial charge in [0.2, 0.25) is 0 Å². The van der Waals surface area contributed by atoms with Gasteiger partial charge in [0, 0.05) is 0 Å². The summed E-state index contributed by atoms with van der Waals surface area (Å²) in [4.78, 5) is 20.5. The minimum absolute atomic E-state index is 0.0444. The highest BCUT2D eigenvalue weighted by molar-refractivity contribution is 7.43. The summed E-state index contributed by atoms with van der Waals surface area (Å²) in [5, 5.41) is 0. The first kappa shape index (κ1) is 23.1. The predicted molar refractivity (Wildman–Crippen MR) is 93.1 cm³/mol. The van der Waals surface area contributed by atoms with Gasteiger partial charge < -0.3 is 18.9 Å². The molecule has 0 aromatic heterocycles. The lowest BCUT2D eigenvalue weighted by molar-refractivity contribution is -0.341. The Morgan fingerprint density at radius 3 is 1.22 bits per heavy atom. The van der Waals surface area contributed by atoms with E-state index in [0.29, 0.717) is 6.42 Å². The molecule has 0 aromatic rings. The Morgan fingerprint density at radius 1 is 0.609 bits per heavy atom. The van der Waals surface area contributed by atoms with Crippen molar-refractivity contribution in [3.8, 4) is 0 Å². The standard InChI is InChI=1S/C18H39O4P/c1-2-3-4-5-6-7-8-9-10-11-12-13-14-15-16-17-18-22-23(19,20)21/h2-18H2,1H3,(H2,19,20,21)/p-2. The summed E-state index contributed by atoms with van der Waals surface area (Å²) in [6.45, 7) is 2.30. The molecule has 0 amide bonds. The average Bonchev–Trinajstić information content (AvgIpc) is 2.49. The molecule has 0 aliphatic carbocycles. The molecule has 0 N–H and O–H groups in total. The van der Waals surface area contributed by atoms with Crippen LogP contribution in [0.1, 0.15) is 110 Å². The maximum absolute atomic E-state index is 10.2. The molecule has 0 radical (unpaired) electrons. The molecule has 0 fully saturated rings. The average molecular weight is 348 g/mol. The smallest absolute Gasteiger partial charge is 0.0596 e. The van der Waals surface area contributed by atoms with Crippen molar-refractivity contribution in [3.63, 3.8) is 0 Å². The van der Waals surface area contributed by atoms with Crippen LogP contribution in [0.15, 0.2) is 0 Å². The third-order valence-corrected chi connectivity index (χ3v) is 4.75. The Kier molecular flexibility index (Phi) is 17.0. The van der Waals surface area contributed by atoms with Crippen LogP contribution in [0.3, 0.4) is 0 Å². The van der Waals surface area contributed by atoms with Gasteiger partial charge in [0.05, 0.1) is 14.4 Å². The number of phosphoric acid groups is 1. The van der Waals surface area contributed by atoms with Gasteiger partial charge in [0.1, 0.15) is 0 Å². The van der Waals surface area contributed by atoms with E-state index in [0.717, 1.165) is 12.8 Å². The Bertz CT molecular complexity index is 278. The van der Waals surface area contributed by atoms with E-state index < -0.39 is 7.82 Å². The quantitative estimate of drug-likeness (QED) is 0.255. The zero-order valence-corrected chi connectivity index (χ0v) is 16.0. The van der Waals surface area contributed by atoms with Gasteiger partial charge in [-0.25, -0.2) is 0 Å². The van der Waals surface area contributed by atoms with Crippen LogP contribution in [-0.4, -0.2) is 6.61 Å². The van der Waals surface area contributed by atoms with E-state index in [1.54, 1.807) is 0 Å². The first-order valence-corrected chi connectivity index (χ1v) is 11.2. The summed E-state index contributed by atoms with van der Waals surface area (Å²) >= 11 is 0. The highest BCUT2D eigenvalue weighted by Gasteiger charge is 1.95. The van der Waals surface area contributed by atoms with Crippen LogP contribution in [-0.2, 0) is 9.09 Å². The zero-order valence-electron chi connectivity index (χ0n) is 15.1. The second-order valence-corrected chi connectivity index (χ2v) is 7.74. The Hall–Kier alpha value is 0.110. The molecule has 0 saturated heterocycles. The highest BCUT2D eigenvalue weighted by atomic mass is 31.2. The van der Waals surface area contributed by atoms with Gasteiger partial charge in [-0.15, -0.1) is 0 Å². The van der Waals surface area contributed by atoms with Crippen molar-refractivity contribution in [1.29, 1.82) is 0 Å². The van der Waals surface area contributed by atoms with Gasteiger partial charge in [0.25, 0.3) is 0 Å². The number of phosphoric ester groups is 1. The summed E-state index contributed by atoms with van der Waals surface area (Å²) in [5.74, 6) is 0. The number of hydrogen-bond acceptors (Lipinski definition) is 4. The van der Waals surface area contributed by atoms with Crippen molar-refractivity contribution in [2.24, 2.45) is 0 Å². The van der Waals surface area contributed by atoms with Gasteiger partial charge in [-0.1, -0.05) is 103 Å². The van der Waals surface area contributed by atoms with Crippen LogP contribution in [0.4, 0.5) is 0 Å². The second-order valence-electron chi connectivity index (χ2n) is 6.58. The zero-order chi connectivity index (χ0) is 17.2. The first-order valence-electron chi connectivity index (χ1n) is 9.73. The molecule has 0 atom stereocenters. The van der Waals surface area contributed by atoms with E-state index in [1.165, 1.54) is 83.5 Å². The van der Waals surface area contributed by atoms with E-state index in [-0.39, 0.29) is 6.61 Å². The van der Waals surface area contributed by atoms with E-state index in [1.807, 2.05) is 0 Å². The summed E-state index contributed by atoms with van der Waals surface area (Å²) in [7, 11) is -4.76. The van der Waals surface area contributed by atoms with E-state index in [9.17, 15) is 14.4 Å². The number of rotatable bonds is 18. The van der Waals surface area contributed by atoms with Crippen molar-refractivity contribution < 1.29 is 18.9 Å². The molecular formula is C18H37O4P-2. The highest BCUT2D eigenvalue weighted by Crippen LogP contribution is 2.24. The summed E-state index contributed by atoms with van der Waals surface area (Å²) < 4.78 is 14.4. The van der Waals surface area contributed by atoms with Crippen LogP contribution in [0, 0.1) is 0 Å². The van der Waals surface area contributed by atoms with Gasteiger partial charge in [0.15, 0.2) is 0 Å². The largest absolute Gasteiger partial charge is 0.790 e. The minimum Gasteiger partial charge on any atom is -0.790 e. The minimum atomic E-state index is -4.76. The maximum atomic E-state index is 10.2. The van der Waals surface area contributed by atoms with Gasteiger partial charge in [-0.05, 0) is 6.42 Å². The molecule has 0 rings (SSSR count). The van der Waals surface area contributed by atoms with Crippen LogP contribution in [0.25, 0.3) is 0 Å². The molecule has 0 unspecified atom stereocenters. The lowest BCUT2D eigenvalue weighted by Gasteiger charge is -2.28. The van der Waals surface area contributed by atoms with Crippen molar-refractivity contribution in [2.75, 3.05) is 6.61 Å². The molecule has 0 bridgehead atoms. The Balaban J connectivity index is 3.01. The fraction of sp³-hybridized carbons (Fsp3) is 1.00. The van der Waals surface area contributed by atoms with Crippen LogP contribution in [0.5, 0.6) is 0 Å².